The minimum absolute atomic E-state index is 0.0139. The van der Waals surface area contributed by atoms with Crippen molar-refractivity contribution in [2.75, 3.05) is 0 Å². The topological polar surface area (TPSA) is 88.2 Å². The Bertz CT molecular complexity index is 395. The third kappa shape index (κ3) is 2.14. The second kappa shape index (κ2) is 4.49. The predicted octanol–water partition coefficient (Wildman–Crippen LogP) is 0.397. The van der Waals surface area contributed by atoms with Crippen molar-refractivity contribution in [3.8, 4) is 5.75 Å². The van der Waals surface area contributed by atoms with E-state index < -0.39 is 0 Å². The number of aromatic nitrogens is 1. The summed E-state index contributed by atoms with van der Waals surface area (Å²) in [6.07, 6.45) is 5.60. The van der Waals surface area contributed by atoms with Gasteiger partial charge in [-0.05, 0) is 25.3 Å². The molecule has 1 aromatic heterocycles. The highest BCUT2D eigenvalue weighted by Gasteiger charge is 2.26. The van der Waals surface area contributed by atoms with Gasteiger partial charge in [-0.3, -0.25) is 9.78 Å². The Kier molecular flexibility index (Phi) is 3.05. The Hall–Kier alpha value is -1.62. The number of hydrogen-bond acceptors (Lipinski definition) is 4. The molecule has 1 aromatic rings. The molecule has 1 aliphatic rings. The van der Waals surface area contributed by atoms with Gasteiger partial charge in [0.25, 0.3) is 5.91 Å². The number of nitrogens with zero attached hydrogens (tertiary/aromatic N) is 1. The zero-order valence-corrected chi connectivity index (χ0v) is 8.89. The van der Waals surface area contributed by atoms with Crippen LogP contribution in [0.3, 0.4) is 0 Å². The van der Waals surface area contributed by atoms with E-state index in [0.717, 1.165) is 19.3 Å². The third-order valence-electron chi connectivity index (χ3n) is 2.93. The molecule has 0 saturated heterocycles. The minimum Gasteiger partial charge on any atom is -0.505 e. The van der Waals surface area contributed by atoms with Gasteiger partial charge < -0.3 is 16.2 Å². The summed E-state index contributed by atoms with van der Waals surface area (Å²) in [5.74, 6) is -0.395. The maximum atomic E-state index is 11.8. The molecule has 0 bridgehead atoms. The molecule has 1 fully saturated rings. The van der Waals surface area contributed by atoms with E-state index >= 15 is 0 Å². The fourth-order valence-electron chi connectivity index (χ4n) is 1.99. The van der Waals surface area contributed by atoms with E-state index in [9.17, 15) is 9.90 Å². The van der Waals surface area contributed by atoms with Crippen LogP contribution in [-0.4, -0.2) is 28.1 Å². The lowest BCUT2D eigenvalue weighted by Gasteiger charge is -2.17. The first-order valence-corrected chi connectivity index (χ1v) is 5.38. The van der Waals surface area contributed by atoms with Crippen LogP contribution in [0.15, 0.2) is 18.5 Å². The number of pyridine rings is 1. The van der Waals surface area contributed by atoms with Crippen molar-refractivity contribution in [3.05, 3.63) is 24.0 Å². The molecular formula is C11H15N3O2. The molecule has 2 unspecified atom stereocenters. The standard InChI is InChI=1S/C11H15N3O2/c12-8-2-1-3-9(8)14-11(16)7-4-5-13-6-10(7)15/h4-6,8-9,15H,1-3,12H2,(H,14,16). The zero-order valence-electron chi connectivity index (χ0n) is 8.89. The van der Waals surface area contributed by atoms with Gasteiger partial charge in [0, 0.05) is 18.3 Å². The lowest BCUT2D eigenvalue weighted by molar-refractivity contribution is 0.0932. The van der Waals surface area contributed by atoms with E-state index in [-0.39, 0.29) is 29.3 Å². The summed E-state index contributed by atoms with van der Waals surface area (Å²) in [6.45, 7) is 0. The molecule has 5 nitrogen and oxygen atoms in total. The molecular weight excluding hydrogens is 206 g/mol. The Morgan fingerprint density at radius 3 is 3.00 bits per heavy atom. The average Bonchev–Trinajstić information content (AvgIpc) is 2.65. The number of amides is 1. The molecule has 4 N–H and O–H groups in total. The monoisotopic (exact) mass is 221 g/mol. The van der Waals surface area contributed by atoms with E-state index in [1.165, 1.54) is 18.5 Å². The Balaban J connectivity index is 2.06. The van der Waals surface area contributed by atoms with Crippen LogP contribution >= 0.6 is 0 Å². The Morgan fingerprint density at radius 2 is 2.38 bits per heavy atom. The normalized spacial score (nSPS) is 24.3. The van der Waals surface area contributed by atoms with Crippen molar-refractivity contribution >= 4 is 5.91 Å². The van der Waals surface area contributed by atoms with Gasteiger partial charge in [-0.25, -0.2) is 0 Å². The first-order chi connectivity index (χ1) is 7.68. The first-order valence-electron chi connectivity index (χ1n) is 5.38. The lowest BCUT2D eigenvalue weighted by Crippen LogP contribution is -2.43. The maximum absolute atomic E-state index is 11.8. The number of nitrogens with two attached hydrogens (primary N) is 1. The van der Waals surface area contributed by atoms with Crippen molar-refractivity contribution in [1.29, 1.82) is 0 Å². The van der Waals surface area contributed by atoms with Gasteiger partial charge >= 0.3 is 0 Å². The fourth-order valence-corrected chi connectivity index (χ4v) is 1.99. The summed E-state index contributed by atoms with van der Waals surface area (Å²) < 4.78 is 0. The number of aromatic hydroxyl groups is 1. The lowest BCUT2D eigenvalue weighted by atomic mass is 10.1. The summed E-state index contributed by atoms with van der Waals surface area (Å²) in [6, 6.07) is 1.53. The van der Waals surface area contributed by atoms with E-state index in [1.807, 2.05) is 0 Å². The van der Waals surface area contributed by atoms with Gasteiger partial charge in [-0.2, -0.15) is 0 Å². The highest BCUT2D eigenvalue weighted by atomic mass is 16.3. The number of carbonyl (C=O) groups excluding carboxylic acids is 1. The van der Waals surface area contributed by atoms with Gasteiger partial charge in [0.1, 0.15) is 5.75 Å². The Morgan fingerprint density at radius 1 is 1.56 bits per heavy atom. The molecule has 0 aromatic carbocycles. The van der Waals surface area contributed by atoms with Gasteiger partial charge in [0.2, 0.25) is 0 Å². The molecule has 1 heterocycles. The number of rotatable bonds is 2. The van der Waals surface area contributed by atoms with Crippen molar-refractivity contribution in [2.45, 2.75) is 31.3 Å². The minimum atomic E-state index is -0.290. The molecule has 16 heavy (non-hydrogen) atoms. The van der Waals surface area contributed by atoms with Crippen LogP contribution in [0.4, 0.5) is 0 Å². The molecule has 2 atom stereocenters. The van der Waals surface area contributed by atoms with Crippen molar-refractivity contribution in [1.82, 2.24) is 10.3 Å². The quantitative estimate of drug-likeness (QED) is 0.674. The second-order valence-electron chi connectivity index (χ2n) is 4.07. The van der Waals surface area contributed by atoms with Crippen molar-refractivity contribution < 1.29 is 9.90 Å². The summed E-state index contributed by atoms with van der Waals surface area (Å²) in [5.41, 5.74) is 6.10. The molecule has 1 aliphatic carbocycles. The fraction of sp³-hybridized carbons (Fsp3) is 0.455. The molecule has 86 valence electrons. The summed E-state index contributed by atoms with van der Waals surface area (Å²) >= 11 is 0. The van der Waals surface area contributed by atoms with Gasteiger partial charge in [-0.15, -0.1) is 0 Å². The van der Waals surface area contributed by atoms with E-state index in [1.54, 1.807) is 0 Å². The molecule has 0 radical (unpaired) electrons. The van der Waals surface area contributed by atoms with Gasteiger partial charge in [-0.1, -0.05) is 0 Å². The number of hydrogen-bond donors (Lipinski definition) is 3. The molecule has 5 heteroatoms. The smallest absolute Gasteiger partial charge is 0.255 e. The van der Waals surface area contributed by atoms with E-state index in [4.69, 9.17) is 5.73 Å². The van der Waals surface area contributed by atoms with Crippen molar-refractivity contribution in [2.24, 2.45) is 5.73 Å². The number of nitrogens with one attached hydrogen (secondary N) is 1. The number of carbonyl (C=O) groups is 1. The van der Waals surface area contributed by atoms with Crippen LogP contribution in [0.25, 0.3) is 0 Å². The van der Waals surface area contributed by atoms with Crippen LogP contribution in [0, 0.1) is 0 Å². The van der Waals surface area contributed by atoms with Crippen molar-refractivity contribution in [3.63, 3.8) is 0 Å². The van der Waals surface area contributed by atoms with Crippen LogP contribution in [0.1, 0.15) is 29.6 Å². The summed E-state index contributed by atoms with van der Waals surface area (Å²) in [4.78, 5) is 15.5. The Labute approximate surface area is 93.7 Å². The predicted molar refractivity (Wildman–Crippen MR) is 59.0 cm³/mol. The van der Waals surface area contributed by atoms with Crippen LogP contribution in [-0.2, 0) is 0 Å². The maximum Gasteiger partial charge on any atom is 0.255 e. The van der Waals surface area contributed by atoms with Crippen LogP contribution in [0.5, 0.6) is 5.75 Å². The highest BCUT2D eigenvalue weighted by molar-refractivity contribution is 5.96. The molecule has 1 amide bonds. The molecule has 2 rings (SSSR count). The van der Waals surface area contributed by atoms with Crippen LogP contribution < -0.4 is 11.1 Å². The molecule has 0 spiro atoms. The van der Waals surface area contributed by atoms with Gasteiger partial charge in [0.15, 0.2) is 0 Å². The average molecular weight is 221 g/mol. The summed E-state index contributed by atoms with van der Waals surface area (Å²) in [5, 5.41) is 12.3. The van der Waals surface area contributed by atoms with E-state index in [2.05, 4.69) is 10.3 Å². The second-order valence-corrected chi connectivity index (χ2v) is 4.07. The highest BCUT2D eigenvalue weighted by Crippen LogP contribution is 2.19. The molecule has 0 aliphatic heterocycles. The third-order valence-corrected chi connectivity index (χ3v) is 2.93. The summed E-state index contributed by atoms with van der Waals surface area (Å²) in [7, 11) is 0. The SMILES string of the molecule is NC1CCCC1NC(=O)c1ccncc1O. The van der Waals surface area contributed by atoms with Gasteiger partial charge in [0.05, 0.1) is 11.8 Å². The zero-order chi connectivity index (χ0) is 11.5. The first kappa shape index (κ1) is 10.9. The van der Waals surface area contributed by atoms with E-state index in [0.29, 0.717) is 0 Å². The van der Waals surface area contributed by atoms with Crippen LogP contribution in [0.2, 0.25) is 0 Å². The molecule has 1 saturated carbocycles. The largest absolute Gasteiger partial charge is 0.505 e.